The molecular formula is C23H24N4O4. The minimum atomic E-state index is -0.243. The number of benzene rings is 1. The molecule has 0 spiro atoms. The molecule has 1 aliphatic rings. The van der Waals surface area contributed by atoms with Crippen molar-refractivity contribution >= 4 is 11.8 Å². The molecule has 0 radical (unpaired) electrons. The maximum absolute atomic E-state index is 13.1. The molecule has 3 aromatic rings. The molecule has 0 saturated carbocycles. The summed E-state index contributed by atoms with van der Waals surface area (Å²) in [4.78, 5) is 31.8. The monoisotopic (exact) mass is 420 g/mol. The van der Waals surface area contributed by atoms with Crippen LogP contribution in [0.4, 0.5) is 0 Å². The van der Waals surface area contributed by atoms with Crippen molar-refractivity contribution in [2.45, 2.75) is 19.1 Å². The SMILES string of the molecule is COc1ccc(C(=O)NCC2Cn3cccc3C(=O)N2Cc2cccnc2)cc1OC. The van der Waals surface area contributed by atoms with Crippen LogP contribution in [0.5, 0.6) is 11.5 Å². The number of fused-ring (bicyclic) bond motifs is 1. The Morgan fingerprint density at radius 2 is 2.00 bits per heavy atom. The molecule has 8 heteroatoms. The fraction of sp³-hybridized carbons (Fsp3) is 0.261. The smallest absolute Gasteiger partial charge is 0.271 e. The maximum atomic E-state index is 13.1. The van der Waals surface area contributed by atoms with Gasteiger partial charge in [-0.1, -0.05) is 6.07 Å². The molecule has 1 unspecified atom stereocenters. The van der Waals surface area contributed by atoms with Crippen LogP contribution in [0.3, 0.4) is 0 Å². The molecule has 4 rings (SSSR count). The van der Waals surface area contributed by atoms with Gasteiger partial charge in [0, 0.05) is 43.8 Å². The first kappa shape index (κ1) is 20.5. The highest BCUT2D eigenvalue weighted by Crippen LogP contribution is 2.27. The fourth-order valence-corrected chi connectivity index (χ4v) is 3.76. The second-order valence-corrected chi connectivity index (χ2v) is 7.27. The van der Waals surface area contributed by atoms with E-state index >= 15 is 0 Å². The Balaban J connectivity index is 1.51. The molecule has 0 fully saturated rings. The largest absolute Gasteiger partial charge is 0.493 e. The van der Waals surface area contributed by atoms with Crippen LogP contribution in [0.2, 0.25) is 0 Å². The van der Waals surface area contributed by atoms with Crippen LogP contribution in [-0.4, -0.2) is 53.1 Å². The normalized spacial score (nSPS) is 15.4. The van der Waals surface area contributed by atoms with Gasteiger partial charge in [0.15, 0.2) is 11.5 Å². The van der Waals surface area contributed by atoms with Crippen LogP contribution in [0, 0.1) is 0 Å². The number of pyridine rings is 1. The van der Waals surface area contributed by atoms with Crippen molar-refractivity contribution in [3.05, 3.63) is 77.9 Å². The number of amides is 2. The van der Waals surface area contributed by atoms with Gasteiger partial charge in [0.2, 0.25) is 0 Å². The summed E-state index contributed by atoms with van der Waals surface area (Å²) in [5.74, 6) is 0.733. The minimum absolute atomic E-state index is 0.0644. The molecule has 1 aliphatic heterocycles. The van der Waals surface area contributed by atoms with Gasteiger partial charge in [-0.3, -0.25) is 14.6 Å². The van der Waals surface area contributed by atoms with Crippen LogP contribution in [0.1, 0.15) is 26.4 Å². The third-order valence-electron chi connectivity index (χ3n) is 5.38. The second kappa shape index (κ2) is 8.91. The van der Waals surface area contributed by atoms with E-state index in [9.17, 15) is 9.59 Å². The molecule has 0 aliphatic carbocycles. The Labute approximate surface area is 180 Å². The van der Waals surface area contributed by atoms with Crippen LogP contribution >= 0.6 is 0 Å². The average molecular weight is 420 g/mol. The van der Waals surface area contributed by atoms with Crippen molar-refractivity contribution in [3.63, 3.8) is 0 Å². The van der Waals surface area contributed by atoms with E-state index in [1.807, 2.05) is 35.0 Å². The maximum Gasteiger partial charge on any atom is 0.271 e. The third-order valence-corrected chi connectivity index (χ3v) is 5.38. The minimum Gasteiger partial charge on any atom is -0.493 e. The van der Waals surface area contributed by atoms with Crippen molar-refractivity contribution < 1.29 is 19.1 Å². The lowest BCUT2D eigenvalue weighted by Crippen LogP contribution is -2.52. The summed E-state index contributed by atoms with van der Waals surface area (Å²) >= 11 is 0. The number of nitrogens with one attached hydrogen (secondary N) is 1. The summed E-state index contributed by atoms with van der Waals surface area (Å²) in [5, 5.41) is 2.96. The quantitative estimate of drug-likeness (QED) is 0.634. The summed E-state index contributed by atoms with van der Waals surface area (Å²) in [5.41, 5.74) is 2.04. The number of carbonyl (C=O) groups excluding carboxylic acids is 2. The zero-order valence-electron chi connectivity index (χ0n) is 17.4. The summed E-state index contributed by atoms with van der Waals surface area (Å²) in [6.45, 7) is 1.34. The predicted octanol–water partition coefficient (Wildman–Crippen LogP) is 2.35. The van der Waals surface area contributed by atoms with Crippen molar-refractivity contribution in [2.75, 3.05) is 20.8 Å². The first-order valence-corrected chi connectivity index (χ1v) is 9.96. The Morgan fingerprint density at radius 1 is 1.16 bits per heavy atom. The first-order valence-electron chi connectivity index (χ1n) is 9.96. The molecular weight excluding hydrogens is 396 g/mol. The number of aromatic nitrogens is 2. The lowest BCUT2D eigenvalue weighted by Gasteiger charge is -2.36. The number of rotatable bonds is 7. The van der Waals surface area contributed by atoms with Crippen LogP contribution in [0.25, 0.3) is 0 Å². The number of hydrogen-bond acceptors (Lipinski definition) is 5. The van der Waals surface area contributed by atoms with Gasteiger partial charge >= 0.3 is 0 Å². The van der Waals surface area contributed by atoms with Crippen LogP contribution in [0.15, 0.2) is 61.1 Å². The van der Waals surface area contributed by atoms with E-state index in [1.165, 1.54) is 7.11 Å². The van der Waals surface area contributed by atoms with E-state index in [2.05, 4.69) is 10.3 Å². The van der Waals surface area contributed by atoms with Gasteiger partial charge in [0.05, 0.1) is 20.3 Å². The molecule has 1 N–H and O–H groups in total. The topological polar surface area (TPSA) is 85.7 Å². The van der Waals surface area contributed by atoms with Crippen molar-refractivity contribution in [1.29, 1.82) is 0 Å². The molecule has 31 heavy (non-hydrogen) atoms. The Kier molecular flexibility index (Phi) is 5.88. The van der Waals surface area contributed by atoms with E-state index < -0.39 is 0 Å². The van der Waals surface area contributed by atoms with Gasteiger partial charge in [-0.2, -0.15) is 0 Å². The van der Waals surface area contributed by atoms with Gasteiger partial charge in [0.25, 0.3) is 11.8 Å². The van der Waals surface area contributed by atoms with E-state index in [0.29, 0.717) is 42.4 Å². The summed E-state index contributed by atoms with van der Waals surface area (Å²) in [6.07, 6.45) is 5.34. The highest BCUT2D eigenvalue weighted by molar-refractivity contribution is 5.95. The zero-order chi connectivity index (χ0) is 21.8. The molecule has 3 heterocycles. The first-order chi connectivity index (χ1) is 15.1. The fourth-order valence-electron chi connectivity index (χ4n) is 3.76. The predicted molar refractivity (Wildman–Crippen MR) is 114 cm³/mol. The average Bonchev–Trinajstić information content (AvgIpc) is 3.28. The van der Waals surface area contributed by atoms with E-state index in [0.717, 1.165) is 5.56 Å². The number of nitrogens with zero attached hydrogens (tertiary/aromatic N) is 3. The van der Waals surface area contributed by atoms with Gasteiger partial charge in [-0.15, -0.1) is 0 Å². The molecule has 0 saturated heterocycles. The lowest BCUT2D eigenvalue weighted by atomic mass is 10.1. The van der Waals surface area contributed by atoms with Crippen LogP contribution < -0.4 is 14.8 Å². The molecule has 160 valence electrons. The lowest BCUT2D eigenvalue weighted by molar-refractivity contribution is 0.0563. The molecule has 2 amide bonds. The summed E-state index contributed by atoms with van der Waals surface area (Å²) in [6, 6.07) is 12.3. The molecule has 1 aromatic carbocycles. The number of carbonyl (C=O) groups is 2. The summed E-state index contributed by atoms with van der Waals surface area (Å²) < 4.78 is 12.4. The van der Waals surface area contributed by atoms with Gasteiger partial charge < -0.3 is 24.3 Å². The Morgan fingerprint density at radius 3 is 2.74 bits per heavy atom. The van der Waals surface area contributed by atoms with Crippen LogP contribution in [-0.2, 0) is 13.1 Å². The summed E-state index contributed by atoms with van der Waals surface area (Å²) in [7, 11) is 3.07. The molecule has 2 aromatic heterocycles. The van der Waals surface area contributed by atoms with E-state index in [4.69, 9.17) is 9.47 Å². The molecule has 0 bridgehead atoms. The second-order valence-electron chi connectivity index (χ2n) is 7.27. The van der Waals surface area contributed by atoms with Crippen molar-refractivity contribution in [2.24, 2.45) is 0 Å². The molecule has 8 nitrogen and oxygen atoms in total. The Bertz CT molecular complexity index is 1080. The number of ether oxygens (including phenoxy) is 2. The highest BCUT2D eigenvalue weighted by atomic mass is 16.5. The van der Waals surface area contributed by atoms with Gasteiger partial charge in [-0.05, 0) is 42.0 Å². The number of hydrogen-bond donors (Lipinski definition) is 1. The zero-order valence-corrected chi connectivity index (χ0v) is 17.4. The standard InChI is InChI=1S/C23H24N4O4/c1-30-20-8-7-17(11-21(20)31-2)22(28)25-13-18-15-26-10-4-6-19(26)23(29)27(18)14-16-5-3-9-24-12-16/h3-12,18H,13-15H2,1-2H3,(H,25,28). The van der Waals surface area contributed by atoms with E-state index in [1.54, 1.807) is 42.6 Å². The third kappa shape index (κ3) is 4.23. The van der Waals surface area contributed by atoms with Crippen molar-refractivity contribution in [1.82, 2.24) is 19.8 Å². The van der Waals surface area contributed by atoms with E-state index in [-0.39, 0.29) is 17.9 Å². The van der Waals surface area contributed by atoms with Gasteiger partial charge in [-0.25, -0.2) is 0 Å². The Hall–Kier alpha value is -3.81. The molecule has 1 atom stereocenters. The number of methoxy groups -OCH3 is 2. The van der Waals surface area contributed by atoms with Crippen molar-refractivity contribution in [3.8, 4) is 11.5 Å². The van der Waals surface area contributed by atoms with Gasteiger partial charge in [0.1, 0.15) is 5.69 Å². The highest BCUT2D eigenvalue weighted by Gasteiger charge is 2.32.